The first-order valence-electron chi connectivity index (χ1n) is 4.38. The summed E-state index contributed by atoms with van der Waals surface area (Å²) in [5.74, 6) is 0.219. The van der Waals surface area contributed by atoms with E-state index in [2.05, 4.69) is 15.2 Å². The second-order valence-electron chi connectivity index (χ2n) is 3.14. The largest absolute Gasteiger partial charge is 0.389 e. The van der Waals surface area contributed by atoms with Gasteiger partial charge < -0.3 is 0 Å². The molecule has 2 aromatic rings. The summed E-state index contributed by atoms with van der Waals surface area (Å²) < 4.78 is 37.5. The van der Waals surface area contributed by atoms with E-state index in [4.69, 9.17) is 11.6 Å². The molecule has 86 valence electrons. The maximum absolute atomic E-state index is 12.0. The molecule has 0 amide bonds. The third kappa shape index (κ3) is 2.24. The van der Waals surface area contributed by atoms with Crippen molar-refractivity contribution in [1.82, 2.24) is 19.6 Å². The van der Waals surface area contributed by atoms with Gasteiger partial charge in [0.1, 0.15) is 5.82 Å². The summed E-state index contributed by atoms with van der Waals surface area (Å²) in [7, 11) is 0. The highest BCUT2D eigenvalue weighted by Gasteiger charge is 2.27. The number of halogens is 4. The van der Waals surface area contributed by atoms with Crippen LogP contribution in [0, 0.1) is 0 Å². The van der Waals surface area contributed by atoms with Crippen molar-refractivity contribution >= 4 is 17.2 Å². The number of nitrogens with zero attached hydrogens (tertiary/aromatic N) is 4. The second-order valence-corrected chi connectivity index (χ2v) is 3.50. The van der Waals surface area contributed by atoms with Gasteiger partial charge in [-0.15, -0.1) is 10.2 Å². The number of hydrogen-bond acceptors (Lipinski definition) is 3. The number of rotatable bonds is 2. The number of aromatic nitrogens is 4. The molecule has 0 unspecified atom stereocenters. The molecule has 8 heteroatoms. The molecule has 16 heavy (non-hydrogen) atoms. The summed E-state index contributed by atoms with van der Waals surface area (Å²) in [4.78, 5) is 3.75. The van der Waals surface area contributed by atoms with E-state index in [9.17, 15) is 13.2 Å². The second kappa shape index (κ2) is 3.89. The molecule has 2 heterocycles. The van der Waals surface area contributed by atoms with Crippen LogP contribution in [0.25, 0.3) is 5.65 Å². The van der Waals surface area contributed by atoms with Crippen molar-refractivity contribution in [2.75, 3.05) is 0 Å². The molecule has 0 bridgehead atoms. The van der Waals surface area contributed by atoms with E-state index in [-0.39, 0.29) is 23.0 Å². The summed E-state index contributed by atoms with van der Waals surface area (Å²) in [5.41, 5.74) is 0.265. The average Bonchev–Trinajstić information content (AvgIpc) is 2.58. The number of hydrogen-bond donors (Lipinski definition) is 0. The lowest BCUT2D eigenvalue weighted by Crippen LogP contribution is -2.10. The first-order valence-corrected chi connectivity index (χ1v) is 4.76. The monoisotopic (exact) mass is 250 g/mol. The Morgan fingerprint density at radius 2 is 2.06 bits per heavy atom. The van der Waals surface area contributed by atoms with Gasteiger partial charge in [-0.05, 0) is 0 Å². The fourth-order valence-corrected chi connectivity index (χ4v) is 1.45. The lowest BCUT2D eigenvalue weighted by molar-refractivity contribution is -0.134. The van der Waals surface area contributed by atoms with Gasteiger partial charge in [-0.1, -0.05) is 11.6 Å². The molecule has 2 aromatic heterocycles. The van der Waals surface area contributed by atoms with E-state index >= 15 is 0 Å². The smallest absolute Gasteiger partial charge is 0.282 e. The van der Waals surface area contributed by atoms with Crippen molar-refractivity contribution < 1.29 is 13.2 Å². The van der Waals surface area contributed by atoms with Crippen LogP contribution in [0.5, 0.6) is 0 Å². The van der Waals surface area contributed by atoms with E-state index < -0.39 is 12.6 Å². The number of aryl methyl sites for hydroxylation is 1. The fraction of sp³-hybridized carbons (Fsp3) is 0.375. The van der Waals surface area contributed by atoms with Crippen LogP contribution in [0.15, 0.2) is 12.4 Å². The Morgan fingerprint density at radius 3 is 2.75 bits per heavy atom. The van der Waals surface area contributed by atoms with E-state index in [1.54, 1.807) is 0 Å². The van der Waals surface area contributed by atoms with Crippen LogP contribution in [0.1, 0.15) is 12.2 Å². The topological polar surface area (TPSA) is 43.1 Å². The lowest BCUT2D eigenvalue weighted by atomic mass is 10.3. The predicted molar refractivity (Wildman–Crippen MR) is 50.2 cm³/mol. The Balaban J connectivity index is 2.29. The molecule has 0 radical (unpaired) electrons. The van der Waals surface area contributed by atoms with Gasteiger partial charge >= 0.3 is 6.18 Å². The summed E-state index contributed by atoms with van der Waals surface area (Å²) in [6, 6.07) is 0. The zero-order valence-electron chi connectivity index (χ0n) is 7.87. The van der Waals surface area contributed by atoms with Crippen molar-refractivity contribution in [3.05, 3.63) is 23.4 Å². The molecule has 0 atom stereocenters. The van der Waals surface area contributed by atoms with Crippen molar-refractivity contribution in [2.45, 2.75) is 19.0 Å². The van der Waals surface area contributed by atoms with E-state index in [1.165, 1.54) is 16.8 Å². The third-order valence-electron chi connectivity index (χ3n) is 1.99. The van der Waals surface area contributed by atoms with Gasteiger partial charge in [-0.3, -0.25) is 4.40 Å². The van der Waals surface area contributed by atoms with Crippen LogP contribution in [0.3, 0.4) is 0 Å². The van der Waals surface area contributed by atoms with Crippen LogP contribution >= 0.6 is 11.6 Å². The van der Waals surface area contributed by atoms with Gasteiger partial charge in [0.25, 0.3) is 0 Å². The molecule has 4 nitrogen and oxygen atoms in total. The minimum Gasteiger partial charge on any atom is -0.282 e. The number of alkyl halides is 3. The van der Waals surface area contributed by atoms with Crippen LogP contribution in [0.2, 0.25) is 5.15 Å². The van der Waals surface area contributed by atoms with E-state index in [0.717, 1.165) is 0 Å². The predicted octanol–water partition coefficient (Wildman–Crippen LogP) is 2.27. The zero-order valence-corrected chi connectivity index (χ0v) is 8.63. The number of fused-ring (bicyclic) bond motifs is 1. The van der Waals surface area contributed by atoms with Gasteiger partial charge in [0.2, 0.25) is 0 Å². The molecule has 2 rings (SSSR count). The summed E-state index contributed by atoms with van der Waals surface area (Å²) in [5, 5.41) is 7.44. The average molecular weight is 251 g/mol. The Morgan fingerprint density at radius 1 is 1.31 bits per heavy atom. The molecule has 0 saturated carbocycles. The van der Waals surface area contributed by atoms with Crippen molar-refractivity contribution in [2.24, 2.45) is 0 Å². The molecule has 0 aromatic carbocycles. The Labute approximate surface area is 93.1 Å². The van der Waals surface area contributed by atoms with Crippen molar-refractivity contribution in [3.63, 3.8) is 0 Å². The Bertz CT molecular complexity index is 507. The first-order chi connectivity index (χ1) is 7.47. The van der Waals surface area contributed by atoms with Crippen LogP contribution in [0.4, 0.5) is 13.2 Å². The highest BCUT2D eigenvalue weighted by Crippen LogP contribution is 2.22. The van der Waals surface area contributed by atoms with E-state index in [1.807, 2.05) is 0 Å². The van der Waals surface area contributed by atoms with Crippen molar-refractivity contribution in [3.8, 4) is 0 Å². The van der Waals surface area contributed by atoms with E-state index in [0.29, 0.717) is 0 Å². The molecule has 0 saturated heterocycles. The molecule has 0 aliphatic carbocycles. The molecular weight excluding hydrogens is 245 g/mol. The van der Waals surface area contributed by atoms with Crippen LogP contribution < -0.4 is 0 Å². The minimum absolute atomic E-state index is 0.119. The third-order valence-corrected chi connectivity index (χ3v) is 2.25. The van der Waals surface area contributed by atoms with Crippen molar-refractivity contribution in [1.29, 1.82) is 0 Å². The maximum atomic E-state index is 12.0. The molecule has 0 aliphatic heterocycles. The van der Waals surface area contributed by atoms with Gasteiger partial charge in [0, 0.05) is 18.8 Å². The highest BCUT2D eigenvalue weighted by atomic mass is 35.5. The normalized spacial score (nSPS) is 12.2. The maximum Gasteiger partial charge on any atom is 0.389 e. The zero-order chi connectivity index (χ0) is 11.8. The first kappa shape index (κ1) is 11.1. The van der Waals surface area contributed by atoms with Gasteiger partial charge in [-0.25, -0.2) is 4.98 Å². The Hall–Kier alpha value is -1.37. The van der Waals surface area contributed by atoms with Crippen LogP contribution in [-0.2, 0) is 6.42 Å². The molecular formula is C8H6ClF3N4. The SMILES string of the molecule is FC(F)(F)CCc1nnc2c(Cl)nccn12. The quantitative estimate of drug-likeness (QED) is 0.821. The molecule has 0 spiro atoms. The summed E-state index contributed by atoms with van der Waals surface area (Å²) >= 11 is 5.70. The standard InChI is InChI=1S/C8H6ClF3N4/c9-6-7-15-14-5(1-2-8(10,11)12)16(7)4-3-13-6/h3-4H,1-2H2. The summed E-state index contributed by atoms with van der Waals surface area (Å²) in [6.07, 6.45) is -2.51. The molecule has 0 fully saturated rings. The van der Waals surface area contributed by atoms with Gasteiger partial charge in [0.05, 0.1) is 6.42 Å². The molecule has 0 N–H and O–H groups in total. The lowest BCUT2D eigenvalue weighted by Gasteiger charge is -2.04. The minimum atomic E-state index is -4.21. The molecule has 0 aliphatic rings. The van der Waals surface area contributed by atoms with Crippen LogP contribution in [-0.4, -0.2) is 25.8 Å². The summed E-state index contributed by atoms with van der Waals surface area (Å²) in [6.45, 7) is 0. The highest BCUT2D eigenvalue weighted by molar-refractivity contribution is 6.32. The fourth-order valence-electron chi connectivity index (χ4n) is 1.27. The van der Waals surface area contributed by atoms with Gasteiger partial charge in [-0.2, -0.15) is 13.2 Å². The Kier molecular flexibility index (Phi) is 2.71. The van der Waals surface area contributed by atoms with Gasteiger partial charge in [0.15, 0.2) is 10.8 Å².